The summed E-state index contributed by atoms with van der Waals surface area (Å²) in [4.78, 5) is 1.15. The molecule has 0 bridgehead atoms. The molecule has 0 amide bonds. The smallest absolute Gasteiger partial charge is 0.134 e. The minimum absolute atomic E-state index is 0.0256. The molecule has 0 fully saturated rings. The molecule has 0 spiro atoms. The van der Waals surface area contributed by atoms with Crippen molar-refractivity contribution in [3.8, 4) is 5.75 Å². The topological polar surface area (TPSA) is 34.4 Å². The first-order valence-electron chi connectivity index (χ1n) is 7.07. The van der Waals surface area contributed by atoms with Gasteiger partial charge in [0.15, 0.2) is 0 Å². The highest BCUT2D eigenvalue weighted by Gasteiger charge is 2.22. The van der Waals surface area contributed by atoms with Gasteiger partial charge in [0.05, 0.1) is 12.0 Å². The summed E-state index contributed by atoms with van der Waals surface area (Å²) in [7, 11) is 1.70. The molecule has 3 nitrogen and oxygen atoms in total. The first-order valence-corrected chi connectivity index (χ1v) is 7.95. The average molecular weight is 301 g/mol. The molecule has 1 unspecified atom stereocenters. The molecule has 21 heavy (non-hydrogen) atoms. The van der Waals surface area contributed by atoms with Crippen LogP contribution in [-0.2, 0) is 0 Å². The third-order valence-corrected chi connectivity index (χ3v) is 4.49. The summed E-state index contributed by atoms with van der Waals surface area (Å²) < 4.78 is 11.5. The van der Waals surface area contributed by atoms with E-state index < -0.39 is 0 Å². The molecule has 1 N–H and O–H groups in total. The Morgan fingerprint density at radius 1 is 1.29 bits per heavy atom. The molecule has 0 radical (unpaired) electrons. The van der Waals surface area contributed by atoms with E-state index >= 15 is 0 Å². The fraction of sp³-hybridized carbons (Fsp3) is 0.294. The quantitative estimate of drug-likeness (QED) is 0.753. The monoisotopic (exact) mass is 301 g/mol. The zero-order chi connectivity index (χ0) is 14.8. The van der Waals surface area contributed by atoms with Gasteiger partial charge in [0.1, 0.15) is 23.1 Å². The second-order valence-corrected chi connectivity index (χ2v) is 5.98. The molecule has 0 aliphatic carbocycles. The molecule has 2 aromatic heterocycles. The van der Waals surface area contributed by atoms with Crippen LogP contribution in [0.3, 0.4) is 0 Å². The van der Waals surface area contributed by atoms with Crippen LogP contribution in [0.25, 0.3) is 11.0 Å². The van der Waals surface area contributed by atoms with E-state index in [-0.39, 0.29) is 6.04 Å². The highest BCUT2D eigenvalue weighted by molar-refractivity contribution is 7.10. The van der Waals surface area contributed by atoms with Gasteiger partial charge in [-0.3, -0.25) is 0 Å². The number of ether oxygens (including phenoxy) is 1. The largest absolute Gasteiger partial charge is 0.496 e. The van der Waals surface area contributed by atoms with E-state index in [1.54, 1.807) is 18.4 Å². The molecular formula is C17H19NO2S. The zero-order valence-electron chi connectivity index (χ0n) is 12.5. The maximum atomic E-state index is 6.05. The Morgan fingerprint density at radius 3 is 2.90 bits per heavy atom. The number of hydrogen-bond acceptors (Lipinski definition) is 4. The maximum Gasteiger partial charge on any atom is 0.134 e. The summed E-state index contributed by atoms with van der Waals surface area (Å²) >= 11 is 1.68. The van der Waals surface area contributed by atoms with Gasteiger partial charge < -0.3 is 14.5 Å². The third-order valence-electron chi connectivity index (χ3n) is 3.52. The van der Waals surface area contributed by atoms with E-state index in [4.69, 9.17) is 9.15 Å². The lowest BCUT2D eigenvalue weighted by molar-refractivity contribution is 0.401. The van der Waals surface area contributed by atoms with Gasteiger partial charge in [-0.2, -0.15) is 0 Å². The van der Waals surface area contributed by atoms with E-state index in [2.05, 4.69) is 37.4 Å². The Bertz CT molecular complexity index is 744. The molecule has 0 saturated heterocycles. The first kappa shape index (κ1) is 14.2. The van der Waals surface area contributed by atoms with Gasteiger partial charge >= 0.3 is 0 Å². The molecule has 1 aromatic carbocycles. The Labute approximate surface area is 128 Å². The van der Waals surface area contributed by atoms with Gasteiger partial charge in [-0.15, -0.1) is 11.3 Å². The lowest BCUT2D eigenvalue weighted by atomic mass is 10.1. The van der Waals surface area contributed by atoms with Crippen LogP contribution in [0.2, 0.25) is 0 Å². The molecule has 4 heteroatoms. The summed E-state index contributed by atoms with van der Waals surface area (Å²) in [6.45, 7) is 5.05. The summed E-state index contributed by atoms with van der Waals surface area (Å²) in [5.74, 6) is 1.83. The van der Waals surface area contributed by atoms with E-state index in [1.807, 2.05) is 17.5 Å². The number of thiophene rings is 1. The Morgan fingerprint density at radius 2 is 2.14 bits per heavy atom. The normalized spacial score (nSPS) is 12.7. The number of aryl methyl sites for hydroxylation is 1. The van der Waals surface area contributed by atoms with Crippen LogP contribution in [0.5, 0.6) is 5.75 Å². The second-order valence-electron chi connectivity index (χ2n) is 5.03. The summed E-state index contributed by atoms with van der Waals surface area (Å²) in [5, 5.41) is 6.68. The Balaban J connectivity index is 2.06. The standard InChI is InChI=1S/C17H19NO2S/c1-4-18-16(17-14(19-3)7-8-21-17)15-10-12-9-11(2)5-6-13(12)20-15/h5-10,16,18H,4H2,1-3H3. The second kappa shape index (κ2) is 5.92. The Kier molecular flexibility index (Phi) is 3.99. The minimum Gasteiger partial charge on any atom is -0.496 e. The number of fused-ring (bicyclic) bond motifs is 1. The SMILES string of the molecule is CCNC(c1cc2cc(C)ccc2o1)c1sccc1OC. The van der Waals surface area contributed by atoms with E-state index in [1.165, 1.54) is 5.56 Å². The molecule has 0 saturated carbocycles. The van der Waals surface area contributed by atoms with Crippen molar-refractivity contribution in [3.63, 3.8) is 0 Å². The molecule has 2 heterocycles. The number of rotatable bonds is 5. The zero-order valence-corrected chi connectivity index (χ0v) is 13.3. The summed E-state index contributed by atoms with van der Waals surface area (Å²) in [6.07, 6.45) is 0. The maximum absolute atomic E-state index is 6.05. The fourth-order valence-electron chi connectivity index (χ4n) is 2.54. The van der Waals surface area contributed by atoms with Gasteiger partial charge in [0.25, 0.3) is 0 Å². The summed E-state index contributed by atoms with van der Waals surface area (Å²) in [5.41, 5.74) is 2.16. The lowest BCUT2D eigenvalue weighted by Crippen LogP contribution is -2.21. The third kappa shape index (κ3) is 2.69. The predicted molar refractivity (Wildman–Crippen MR) is 87.3 cm³/mol. The number of hydrogen-bond donors (Lipinski definition) is 1. The van der Waals surface area contributed by atoms with Crippen molar-refractivity contribution < 1.29 is 9.15 Å². The van der Waals surface area contributed by atoms with Crippen molar-refractivity contribution in [1.29, 1.82) is 0 Å². The molecule has 110 valence electrons. The van der Waals surface area contributed by atoms with Gasteiger partial charge in [0, 0.05) is 5.39 Å². The first-order chi connectivity index (χ1) is 10.2. The highest BCUT2D eigenvalue weighted by atomic mass is 32.1. The molecule has 0 aliphatic heterocycles. The van der Waals surface area contributed by atoms with Crippen LogP contribution in [0, 0.1) is 6.92 Å². The number of methoxy groups -OCH3 is 1. The molecular weight excluding hydrogens is 282 g/mol. The minimum atomic E-state index is 0.0256. The predicted octanol–water partition coefficient (Wildman–Crippen LogP) is 4.51. The fourth-order valence-corrected chi connectivity index (χ4v) is 3.48. The van der Waals surface area contributed by atoms with Crippen LogP contribution in [0.15, 0.2) is 40.1 Å². The van der Waals surface area contributed by atoms with Crippen LogP contribution < -0.4 is 10.1 Å². The van der Waals surface area contributed by atoms with Gasteiger partial charge in [-0.05, 0) is 43.1 Å². The molecule has 3 rings (SSSR count). The number of nitrogens with one attached hydrogen (secondary N) is 1. The van der Waals surface area contributed by atoms with Crippen molar-refractivity contribution in [2.24, 2.45) is 0 Å². The van der Waals surface area contributed by atoms with Crippen LogP contribution in [0.4, 0.5) is 0 Å². The summed E-state index contributed by atoms with van der Waals surface area (Å²) in [6, 6.07) is 10.4. The average Bonchev–Trinajstić information content (AvgIpc) is 3.10. The number of furan rings is 1. The lowest BCUT2D eigenvalue weighted by Gasteiger charge is -2.15. The molecule has 0 aliphatic rings. The number of benzene rings is 1. The Hall–Kier alpha value is -1.78. The van der Waals surface area contributed by atoms with Crippen molar-refractivity contribution in [3.05, 3.63) is 51.9 Å². The molecule has 1 atom stereocenters. The van der Waals surface area contributed by atoms with Gasteiger partial charge in [-0.1, -0.05) is 18.6 Å². The van der Waals surface area contributed by atoms with E-state index in [9.17, 15) is 0 Å². The van der Waals surface area contributed by atoms with Gasteiger partial charge in [0.2, 0.25) is 0 Å². The van der Waals surface area contributed by atoms with Crippen molar-refractivity contribution in [1.82, 2.24) is 5.32 Å². The van der Waals surface area contributed by atoms with E-state index in [0.717, 1.165) is 33.9 Å². The van der Waals surface area contributed by atoms with Crippen LogP contribution in [-0.4, -0.2) is 13.7 Å². The van der Waals surface area contributed by atoms with Crippen molar-refractivity contribution in [2.45, 2.75) is 19.9 Å². The van der Waals surface area contributed by atoms with Crippen molar-refractivity contribution in [2.75, 3.05) is 13.7 Å². The van der Waals surface area contributed by atoms with Crippen LogP contribution >= 0.6 is 11.3 Å². The highest BCUT2D eigenvalue weighted by Crippen LogP contribution is 2.36. The van der Waals surface area contributed by atoms with Crippen molar-refractivity contribution >= 4 is 22.3 Å². The van der Waals surface area contributed by atoms with Crippen LogP contribution in [0.1, 0.15) is 29.2 Å². The van der Waals surface area contributed by atoms with E-state index in [0.29, 0.717) is 0 Å². The molecule has 3 aromatic rings. The van der Waals surface area contributed by atoms with Gasteiger partial charge in [-0.25, -0.2) is 0 Å².